The van der Waals surface area contributed by atoms with Crippen molar-refractivity contribution < 1.29 is 23.8 Å². The van der Waals surface area contributed by atoms with Crippen molar-refractivity contribution in [1.29, 1.82) is 0 Å². The van der Waals surface area contributed by atoms with Gasteiger partial charge in [0, 0.05) is 11.8 Å². The summed E-state index contributed by atoms with van der Waals surface area (Å²) in [5.74, 6) is -0.444. The van der Waals surface area contributed by atoms with Crippen molar-refractivity contribution in [3.05, 3.63) is 0 Å². The van der Waals surface area contributed by atoms with Crippen LogP contribution in [0.15, 0.2) is 0 Å². The van der Waals surface area contributed by atoms with Gasteiger partial charge in [0.25, 0.3) is 0 Å². The standard InChI is InChI=1S/C13H22BrNO5/c1-13(2,3)20-12(17)15-8-9(19-6-5-14)7-10(15)11(16)18-4/h9-10H,5-8H2,1-4H3/t9-,10-/m0/s1. The van der Waals surface area contributed by atoms with Crippen LogP contribution in [-0.2, 0) is 19.0 Å². The van der Waals surface area contributed by atoms with Gasteiger partial charge in [0.2, 0.25) is 0 Å². The molecule has 2 atom stereocenters. The monoisotopic (exact) mass is 351 g/mol. The zero-order valence-corrected chi connectivity index (χ0v) is 13.9. The van der Waals surface area contributed by atoms with Gasteiger partial charge >= 0.3 is 12.1 Å². The third-order valence-electron chi connectivity index (χ3n) is 2.79. The van der Waals surface area contributed by atoms with Crippen LogP contribution in [0.5, 0.6) is 0 Å². The largest absolute Gasteiger partial charge is 0.467 e. The number of alkyl halides is 1. The van der Waals surface area contributed by atoms with E-state index in [-0.39, 0.29) is 6.10 Å². The molecule has 0 aromatic heterocycles. The normalized spacial score (nSPS) is 22.8. The van der Waals surface area contributed by atoms with Crippen molar-refractivity contribution in [3.8, 4) is 0 Å². The molecule has 1 saturated heterocycles. The fourth-order valence-corrected chi connectivity index (χ4v) is 2.20. The van der Waals surface area contributed by atoms with Crippen LogP contribution >= 0.6 is 15.9 Å². The van der Waals surface area contributed by atoms with Gasteiger partial charge in [0.05, 0.1) is 26.4 Å². The predicted molar refractivity (Wildman–Crippen MR) is 76.9 cm³/mol. The van der Waals surface area contributed by atoms with E-state index in [4.69, 9.17) is 14.2 Å². The molecular formula is C13H22BrNO5. The molecule has 1 aliphatic rings. The molecule has 6 nitrogen and oxygen atoms in total. The summed E-state index contributed by atoms with van der Waals surface area (Å²) in [6.45, 7) is 6.22. The van der Waals surface area contributed by atoms with Crippen LogP contribution < -0.4 is 0 Å². The van der Waals surface area contributed by atoms with E-state index >= 15 is 0 Å². The first-order valence-electron chi connectivity index (χ1n) is 6.53. The van der Waals surface area contributed by atoms with Gasteiger partial charge in [-0.05, 0) is 20.8 Å². The highest BCUT2D eigenvalue weighted by atomic mass is 79.9. The quantitative estimate of drug-likeness (QED) is 0.572. The van der Waals surface area contributed by atoms with Crippen molar-refractivity contribution in [2.45, 2.75) is 44.9 Å². The molecule has 0 spiro atoms. The number of rotatable bonds is 4. The van der Waals surface area contributed by atoms with Crippen LogP contribution in [0.2, 0.25) is 0 Å². The maximum Gasteiger partial charge on any atom is 0.411 e. The second-order valence-electron chi connectivity index (χ2n) is 5.59. The molecule has 0 bridgehead atoms. The van der Waals surface area contributed by atoms with Gasteiger partial charge in [-0.25, -0.2) is 9.59 Å². The first-order chi connectivity index (χ1) is 9.28. The lowest BCUT2D eigenvalue weighted by Gasteiger charge is -2.27. The van der Waals surface area contributed by atoms with E-state index in [0.29, 0.717) is 24.9 Å². The summed E-state index contributed by atoms with van der Waals surface area (Å²) in [6.07, 6.45) is -0.263. The van der Waals surface area contributed by atoms with Crippen LogP contribution in [0.4, 0.5) is 4.79 Å². The SMILES string of the molecule is COC(=O)[C@@H]1C[C@H](OCCBr)CN1C(=O)OC(C)(C)C. The van der Waals surface area contributed by atoms with E-state index in [9.17, 15) is 9.59 Å². The summed E-state index contributed by atoms with van der Waals surface area (Å²) >= 11 is 3.28. The highest BCUT2D eigenvalue weighted by Gasteiger charge is 2.42. The fourth-order valence-electron chi connectivity index (χ4n) is 2.01. The number of hydrogen-bond acceptors (Lipinski definition) is 5. The van der Waals surface area contributed by atoms with Gasteiger partial charge in [-0.3, -0.25) is 4.90 Å². The number of carbonyl (C=O) groups is 2. The van der Waals surface area contributed by atoms with Gasteiger partial charge in [-0.2, -0.15) is 0 Å². The maximum absolute atomic E-state index is 12.1. The Balaban J connectivity index is 2.73. The van der Waals surface area contributed by atoms with Crippen molar-refractivity contribution >= 4 is 28.0 Å². The number of likely N-dealkylation sites (tertiary alicyclic amines) is 1. The fraction of sp³-hybridized carbons (Fsp3) is 0.846. The van der Waals surface area contributed by atoms with Crippen LogP contribution in [0.1, 0.15) is 27.2 Å². The molecule has 0 unspecified atom stereocenters. The molecule has 0 aromatic rings. The second-order valence-corrected chi connectivity index (χ2v) is 6.38. The average Bonchev–Trinajstić information content (AvgIpc) is 2.77. The lowest BCUT2D eigenvalue weighted by atomic mass is 10.2. The highest BCUT2D eigenvalue weighted by molar-refractivity contribution is 9.09. The number of hydrogen-bond donors (Lipinski definition) is 0. The zero-order chi connectivity index (χ0) is 15.3. The van der Waals surface area contributed by atoms with Crippen molar-refractivity contribution in [2.24, 2.45) is 0 Å². The maximum atomic E-state index is 12.1. The summed E-state index contributed by atoms with van der Waals surface area (Å²) < 4.78 is 15.6. The molecule has 0 saturated carbocycles. The van der Waals surface area contributed by atoms with Crippen molar-refractivity contribution in [2.75, 3.05) is 25.6 Å². The minimum Gasteiger partial charge on any atom is -0.467 e. The smallest absolute Gasteiger partial charge is 0.411 e. The van der Waals surface area contributed by atoms with E-state index in [0.717, 1.165) is 0 Å². The lowest BCUT2D eigenvalue weighted by molar-refractivity contribution is -0.145. The number of halogens is 1. The molecule has 0 aromatic carbocycles. The Kier molecular flexibility index (Phi) is 6.26. The molecule has 1 heterocycles. The molecule has 0 aliphatic carbocycles. The van der Waals surface area contributed by atoms with Crippen molar-refractivity contribution in [3.63, 3.8) is 0 Å². The molecule has 0 radical (unpaired) electrons. The van der Waals surface area contributed by atoms with Crippen molar-refractivity contribution in [1.82, 2.24) is 4.90 Å². The van der Waals surface area contributed by atoms with Gasteiger partial charge in [-0.1, -0.05) is 15.9 Å². The topological polar surface area (TPSA) is 65.1 Å². The van der Waals surface area contributed by atoms with Gasteiger partial charge in [0.15, 0.2) is 0 Å². The summed E-state index contributed by atoms with van der Waals surface area (Å²) in [6, 6.07) is -0.643. The lowest BCUT2D eigenvalue weighted by Crippen LogP contribution is -2.44. The highest BCUT2D eigenvalue weighted by Crippen LogP contribution is 2.24. The van der Waals surface area contributed by atoms with E-state index in [1.165, 1.54) is 12.0 Å². The van der Waals surface area contributed by atoms with Crippen LogP contribution in [-0.4, -0.2) is 60.3 Å². The Morgan fingerprint density at radius 2 is 2.00 bits per heavy atom. The number of esters is 1. The molecule has 1 aliphatic heterocycles. The Hall–Kier alpha value is -0.820. The Bertz CT molecular complexity index is 355. The van der Waals surface area contributed by atoms with Crippen LogP contribution in [0.25, 0.3) is 0 Å². The molecule has 7 heteroatoms. The van der Waals surface area contributed by atoms with Gasteiger partial charge in [0.1, 0.15) is 11.6 Å². The molecule has 0 N–H and O–H groups in total. The van der Waals surface area contributed by atoms with Gasteiger partial charge in [-0.15, -0.1) is 0 Å². The Labute approximate surface area is 127 Å². The average molecular weight is 352 g/mol. The molecule has 20 heavy (non-hydrogen) atoms. The first kappa shape index (κ1) is 17.2. The number of methoxy groups -OCH3 is 1. The molecule has 1 fully saturated rings. The van der Waals surface area contributed by atoms with E-state index in [1.54, 1.807) is 20.8 Å². The first-order valence-corrected chi connectivity index (χ1v) is 7.65. The second kappa shape index (κ2) is 7.26. The summed E-state index contributed by atoms with van der Waals surface area (Å²) in [7, 11) is 1.31. The predicted octanol–water partition coefficient (Wildman–Crippen LogP) is 1.95. The number of nitrogens with zero attached hydrogens (tertiary/aromatic N) is 1. The van der Waals surface area contributed by atoms with Crippen LogP contribution in [0.3, 0.4) is 0 Å². The third kappa shape index (κ3) is 4.94. The molecule has 1 amide bonds. The number of ether oxygens (including phenoxy) is 3. The Morgan fingerprint density at radius 3 is 2.50 bits per heavy atom. The van der Waals surface area contributed by atoms with E-state index in [1.807, 2.05) is 0 Å². The van der Waals surface area contributed by atoms with Gasteiger partial charge < -0.3 is 14.2 Å². The minimum absolute atomic E-state index is 0.177. The summed E-state index contributed by atoms with van der Waals surface area (Å²) in [4.78, 5) is 25.3. The molecule has 1 rings (SSSR count). The summed E-state index contributed by atoms with van der Waals surface area (Å²) in [5.41, 5.74) is -0.605. The molecule has 116 valence electrons. The van der Waals surface area contributed by atoms with E-state index < -0.39 is 23.7 Å². The minimum atomic E-state index is -0.643. The Morgan fingerprint density at radius 1 is 1.35 bits per heavy atom. The van der Waals surface area contributed by atoms with Crippen LogP contribution in [0, 0.1) is 0 Å². The zero-order valence-electron chi connectivity index (χ0n) is 12.3. The third-order valence-corrected chi connectivity index (χ3v) is 3.12. The summed E-state index contributed by atoms with van der Waals surface area (Å²) in [5, 5.41) is 0.707. The van der Waals surface area contributed by atoms with E-state index in [2.05, 4.69) is 15.9 Å². The number of carbonyl (C=O) groups excluding carboxylic acids is 2. The number of amides is 1. The molecular weight excluding hydrogens is 330 g/mol.